The number of anilines is 2. The van der Waals surface area contributed by atoms with Gasteiger partial charge < -0.3 is 30.2 Å². The van der Waals surface area contributed by atoms with E-state index in [1.165, 1.54) is 6.42 Å². The fourth-order valence-electron chi connectivity index (χ4n) is 7.31. The van der Waals surface area contributed by atoms with Crippen LogP contribution in [0.3, 0.4) is 0 Å². The summed E-state index contributed by atoms with van der Waals surface area (Å²) in [6.07, 6.45) is 6.79. The Morgan fingerprint density at radius 1 is 1.12 bits per heavy atom. The lowest BCUT2D eigenvalue weighted by atomic mass is 9.48. The molecule has 4 fully saturated rings. The summed E-state index contributed by atoms with van der Waals surface area (Å²) in [6.45, 7) is 6.85. The van der Waals surface area contributed by atoms with E-state index in [0.29, 0.717) is 53.1 Å². The Balaban J connectivity index is 1.25. The Morgan fingerprint density at radius 2 is 1.88 bits per heavy atom. The van der Waals surface area contributed by atoms with Crippen LogP contribution in [-0.4, -0.2) is 48.5 Å². The summed E-state index contributed by atoms with van der Waals surface area (Å²) in [5.74, 6) is 3.84. The zero-order valence-corrected chi connectivity index (χ0v) is 24.0. The number of carbonyl (C=O) groups excluding carboxylic acids is 1. The van der Waals surface area contributed by atoms with Gasteiger partial charge in [-0.3, -0.25) is 0 Å². The number of amides is 1. The van der Waals surface area contributed by atoms with Crippen LogP contribution in [-0.2, 0) is 11.3 Å². The van der Waals surface area contributed by atoms with Gasteiger partial charge >= 0.3 is 6.09 Å². The van der Waals surface area contributed by atoms with E-state index in [1.807, 2.05) is 39.0 Å². The Labute approximate surface area is 236 Å². The quantitative estimate of drug-likeness (QED) is 0.391. The summed E-state index contributed by atoms with van der Waals surface area (Å²) in [6, 6.07) is 8.10. The molecule has 40 heavy (non-hydrogen) atoms. The zero-order valence-electron chi connectivity index (χ0n) is 24.0. The fourth-order valence-corrected chi connectivity index (χ4v) is 7.31. The molecule has 0 spiro atoms. The van der Waals surface area contributed by atoms with Crippen LogP contribution in [0.15, 0.2) is 24.4 Å². The molecule has 1 aromatic carbocycles. The largest absolute Gasteiger partial charge is 0.493 e. The standard InChI is InChI=1S/C30H40N6O4/c1-29(2,3)40-28(37)35-24-20-9-18-10-21(24)13-30(11-18,12-20)17-34-26-22(14-31)16-33-27(36-26)32-15-19-7-6-8-23(38-4)25(19)39-5/h6-8,16,18,20-21,24H,9-13,15,17H2,1-5H3,(H,35,37)(H2,32,33,34,36)/t18?,20-,21+,24?,30?. The van der Waals surface area contributed by atoms with Gasteiger partial charge in [0, 0.05) is 24.7 Å². The van der Waals surface area contributed by atoms with Crippen LogP contribution in [0.2, 0.25) is 0 Å². The minimum absolute atomic E-state index is 0.127. The van der Waals surface area contributed by atoms with Crippen molar-refractivity contribution in [3.8, 4) is 17.6 Å². The average Bonchev–Trinajstić information content (AvgIpc) is 2.91. The van der Waals surface area contributed by atoms with Crippen LogP contribution in [0.25, 0.3) is 0 Å². The van der Waals surface area contributed by atoms with E-state index in [9.17, 15) is 10.1 Å². The highest BCUT2D eigenvalue weighted by Gasteiger charge is 2.55. The Morgan fingerprint density at radius 3 is 2.52 bits per heavy atom. The van der Waals surface area contributed by atoms with Crippen LogP contribution >= 0.6 is 0 Å². The normalized spacial score (nSPS) is 26.5. The molecular weight excluding hydrogens is 508 g/mol. The van der Waals surface area contributed by atoms with Gasteiger partial charge in [-0.05, 0) is 82.1 Å². The number of nitrogens with zero attached hydrogens (tertiary/aromatic N) is 3. The molecule has 2 aromatic rings. The lowest BCUT2D eigenvalue weighted by Crippen LogP contribution is -2.60. The number of benzene rings is 1. The molecule has 0 aliphatic heterocycles. The summed E-state index contributed by atoms with van der Waals surface area (Å²) >= 11 is 0. The second-order valence-electron chi connectivity index (χ2n) is 12.6. The number of para-hydroxylation sites is 1. The van der Waals surface area contributed by atoms with Crippen molar-refractivity contribution in [2.75, 3.05) is 31.4 Å². The second-order valence-corrected chi connectivity index (χ2v) is 12.6. The Bertz CT molecular complexity index is 1270. The van der Waals surface area contributed by atoms with E-state index in [4.69, 9.17) is 14.2 Å². The maximum atomic E-state index is 12.5. The van der Waals surface area contributed by atoms with Crippen LogP contribution in [0, 0.1) is 34.5 Å². The summed E-state index contributed by atoms with van der Waals surface area (Å²) in [5, 5.41) is 19.7. The Hall–Kier alpha value is -3.74. The van der Waals surface area contributed by atoms with Crippen molar-refractivity contribution in [3.05, 3.63) is 35.5 Å². The SMILES string of the molecule is COc1cccc(CNc2ncc(C#N)c(NCC34CC5C[C@H](C3)C(NC(=O)OC(C)(C)C)[C@@H](C5)C4)n2)c1OC. The van der Waals surface area contributed by atoms with Gasteiger partial charge in [0.2, 0.25) is 5.95 Å². The van der Waals surface area contributed by atoms with E-state index in [-0.39, 0.29) is 17.6 Å². The number of alkyl carbamates (subject to hydrolysis) is 1. The lowest BCUT2D eigenvalue weighted by Gasteiger charge is -2.60. The number of carbonyl (C=O) groups is 1. The van der Waals surface area contributed by atoms with Gasteiger partial charge in [-0.2, -0.15) is 10.2 Å². The summed E-state index contributed by atoms with van der Waals surface area (Å²) in [7, 11) is 3.22. The fraction of sp³-hybridized carbons (Fsp3) is 0.600. The highest BCUT2D eigenvalue weighted by Crippen LogP contribution is 2.60. The van der Waals surface area contributed by atoms with Crippen molar-refractivity contribution < 1.29 is 19.0 Å². The van der Waals surface area contributed by atoms with E-state index >= 15 is 0 Å². The highest BCUT2D eigenvalue weighted by atomic mass is 16.6. The molecule has 3 N–H and O–H groups in total. The van der Waals surface area contributed by atoms with Crippen LogP contribution in [0.5, 0.6) is 11.5 Å². The van der Waals surface area contributed by atoms with Crippen molar-refractivity contribution in [3.63, 3.8) is 0 Å². The minimum Gasteiger partial charge on any atom is -0.493 e. The maximum absolute atomic E-state index is 12.5. The molecule has 1 aromatic heterocycles. The first-order valence-electron chi connectivity index (χ1n) is 14.1. The van der Waals surface area contributed by atoms with Crippen molar-refractivity contribution in [2.24, 2.45) is 23.2 Å². The number of hydrogen-bond donors (Lipinski definition) is 3. The molecule has 10 nitrogen and oxygen atoms in total. The molecule has 0 saturated heterocycles. The number of methoxy groups -OCH3 is 2. The third kappa shape index (κ3) is 5.88. The number of hydrogen-bond acceptors (Lipinski definition) is 9. The Kier molecular flexibility index (Phi) is 7.67. The first-order valence-corrected chi connectivity index (χ1v) is 14.1. The number of rotatable bonds is 9. The predicted molar refractivity (Wildman–Crippen MR) is 151 cm³/mol. The average molecular weight is 549 g/mol. The molecule has 214 valence electrons. The first-order chi connectivity index (χ1) is 19.1. The van der Waals surface area contributed by atoms with E-state index in [0.717, 1.165) is 37.8 Å². The van der Waals surface area contributed by atoms with E-state index in [2.05, 4.69) is 32.0 Å². The zero-order chi connectivity index (χ0) is 28.5. The molecule has 3 unspecified atom stereocenters. The van der Waals surface area contributed by atoms with Crippen molar-refractivity contribution in [1.82, 2.24) is 15.3 Å². The summed E-state index contributed by atoms with van der Waals surface area (Å²) < 4.78 is 16.5. The van der Waals surface area contributed by atoms with Gasteiger partial charge in [-0.1, -0.05) is 12.1 Å². The van der Waals surface area contributed by atoms with Gasteiger partial charge in [-0.25, -0.2) is 9.78 Å². The van der Waals surface area contributed by atoms with Gasteiger partial charge in [0.25, 0.3) is 0 Å². The monoisotopic (exact) mass is 548 g/mol. The number of nitriles is 1. The van der Waals surface area contributed by atoms with E-state index < -0.39 is 5.60 Å². The van der Waals surface area contributed by atoms with Crippen LogP contribution < -0.4 is 25.4 Å². The van der Waals surface area contributed by atoms with Crippen molar-refractivity contribution in [2.45, 2.75) is 71.1 Å². The molecule has 1 heterocycles. The van der Waals surface area contributed by atoms with Crippen molar-refractivity contribution >= 4 is 17.9 Å². The topological polar surface area (TPSA) is 130 Å². The van der Waals surface area contributed by atoms with E-state index in [1.54, 1.807) is 20.4 Å². The molecule has 1 amide bonds. The van der Waals surface area contributed by atoms with Crippen molar-refractivity contribution in [1.29, 1.82) is 5.26 Å². The molecule has 4 aliphatic rings. The third-order valence-electron chi connectivity index (χ3n) is 8.54. The number of ether oxygens (including phenoxy) is 3. The summed E-state index contributed by atoms with van der Waals surface area (Å²) in [4.78, 5) is 21.6. The van der Waals surface area contributed by atoms with Gasteiger partial charge in [0.1, 0.15) is 23.1 Å². The molecule has 4 saturated carbocycles. The molecule has 4 aliphatic carbocycles. The molecule has 5 atom stereocenters. The second kappa shape index (κ2) is 11.0. The molecular formula is C30H40N6O4. The molecule has 4 bridgehead atoms. The van der Waals surface area contributed by atoms with Gasteiger partial charge in [0.15, 0.2) is 11.5 Å². The molecule has 0 radical (unpaired) electrons. The molecule has 6 rings (SSSR count). The predicted octanol–water partition coefficient (Wildman–Crippen LogP) is 5.11. The first kappa shape index (κ1) is 27.8. The highest BCUT2D eigenvalue weighted by molar-refractivity contribution is 5.68. The lowest BCUT2D eigenvalue weighted by molar-refractivity contribution is -0.0703. The maximum Gasteiger partial charge on any atom is 0.407 e. The van der Waals surface area contributed by atoms with Crippen LogP contribution in [0.4, 0.5) is 16.6 Å². The number of aromatic nitrogens is 2. The van der Waals surface area contributed by atoms with Gasteiger partial charge in [-0.15, -0.1) is 0 Å². The summed E-state index contributed by atoms with van der Waals surface area (Å²) in [5.41, 5.74) is 0.943. The number of nitrogens with one attached hydrogen (secondary N) is 3. The molecule has 10 heteroatoms. The smallest absolute Gasteiger partial charge is 0.407 e. The van der Waals surface area contributed by atoms with Gasteiger partial charge in [0.05, 0.1) is 20.4 Å². The minimum atomic E-state index is -0.509. The third-order valence-corrected chi connectivity index (χ3v) is 8.54. The van der Waals surface area contributed by atoms with Crippen LogP contribution in [0.1, 0.15) is 64.0 Å².